The first kappa shape index (κ1) is 10.4. The number of rotatable bonds is 3. The van der Waals surface area contributed by atoms with Crippen LogP contribution in [0.15, 0.2) is 0 Å². The molecule has 0 aromatic heterocycles. The average Bonchev–Trinajstić information content (AvgIpc) is 2.47. The van der Waals surface area contributed by atoms with Crippen LogP contribution in [0.4, 0.5) is 0 Å². The van der Waals surface area contributed by atoms with Crippen LogP contribution in [0.1, 0.15) is 39.5 Å². The number of aliphatic hydroxyl groups is 1. The molecule has 14 heavy (non-hydrogen) atoms. The summed E-state index contributed by atoms with van der Waals surface area (Å²) in [6.45, 7) is 6.25. The van der Waals surface area contributed by atoms with Gasteiger partial charge in [-0.15, -0.1) is 0 Å². The Balaban J connectivity index is 1.93. The number of hydrogen-bond acceptors (Lipinski definition) is 2. The van der Waals surface area contributed by atoms with Crippen molar-refractivity contribution in [2.24, 2.45) is 17.3 Å². The topological polar surface area (TPSA) is 32.3 Å². The molecule has 0 amide bonds. The van der Waals surface area contributed by atoms with Gasteiger partial charge >= 0.3 is 0 Å². The minimum absolute atomic E-state index is 0.303. The van der Waals surface area contributed by atoms with Gasteiger partial charge in [0.25, 0.3) is 0 Å². The molecule has 1 heterocycles. The van der Waals surface area contributed by atoms with E-state index >= 15 is 0 Å². The molecule has 0 aromatic rings. The summed E-state index contributed by atoms with van der Waals surface area (Å²) in [4.78, 5) is 0. The largest absolute Gasteiger partial charge is 0.395 e. The summed E-state index contributed by atoms with van der Waals surface area (Å²) in [7, 11) is 0. The van der Waals surface area contributed by atoms with Gasteiger partial charge in [0.05, 0.1) is 6.61 Å². The van der Waals surface area contributed by atoms with Crippen LogP contribution in [0.3, 0.4) is 0 Å². The zero-order chi connectivity index (χ0) is 10.2. The standard InChI is InChI=1S/C12H23NO/c1-12(2,9-4-3-5-9)10-6-11(8-14)13-7-10/h9-11,13-14H,3-8H2,1-2H3. The Morgan fingerprint density at radius 3 is 2.43 bits per heavy atom. The second kappa shape index (κ2) is 3.82. The Morgan fingerprint density at radius 1 is 1.29 bits per heavy atom. The molecule has 1 saturated carbocycles. The zero-order valence-corrected chi connectivity index (χ0v) is 9.42. The van der Waals surface area contributed by atoms with Crippen molar-refractivity contribution in [1.29, 1.82) is 0 Å². The number of nitrogens with one attached hydrogen (secondary N) is 1. The fourth-order valence-corrected chi connectivity index (χ4v) is 3.01. The van der Waals surface area contributed by atoms with Crippen LogP contribution >= 0.6 is 0 Å². The van der Waals surface area contributed by atoms with Crippen LogP contribution in [0, 0.1) is 17.3 Å². The van der Waals surface area contributed by atoms with Crippen molar-refractivity contribution >= 4 is 0 Å². The SMILES string of the molecule is CC(C)(C1CCC1)C1CNC(CO)C1. The maximum absolute atomic E-state index is 9.10. The van der Waals surface area contributed by atoms with Gasteiger partial charge < -0.3 is 10.4 Å². The molecule has 2 heteroatoms. The molecule has 82 valence electrons. The van der Waals surface area contributed by atoms with Gasteiger partial charge in [0.1, 0.15) is 0 Å². The van der Waals surface area contributed by atoms with Crippen molar-refractivity contribution < 1.29 is 5.11 Å². The van der Waals surface area contributed by atoms with Gasteiger partial charge in [0, 0.05) is 6.04 Å². The molecule has 1 aliphatic heterocycles. The van der Waals surface area contributed by atoms with E-state index in [4.69, 9.17) is 5.11 Å². The third kappa shape index (κ3) is 1.70. The third-order valence-electron chi connectivity index (χ3n) is 4.65. The van der Waals surface area contributed by atoms with E-state index in [1.807, 2.05) is 0 Å². The lowest BCUT2D eigenvalue weighted by Gasteiger charge is -2.44. The van der Waals surface area contributed by atoms with E-state index in [1.165, 1.54) is 25.7 Å². The highest BCUT2D eigenvalue weighted by atomic mass is 16.3. The van der Waals surface area contributed by atoms with E-state index in [0.29, 0.717) is 18.1 Å². The Kier molecular flexibility index (Phi) is 2.85. The summed E-state index contributed by atoms with van der Waals surface area (Å²) in [5.74, 6) is 1.71. The van der Waals surface area contributed by atoms with Gasteiger partial charge in [-0.05, 0) is 43.1 Å². The Bertz CT molecular complexity index is 198. The van der Waals surface area contributed by atoms with Crippen LogP contribution < -0.4 is 5.32 Å². The Hall–Kier alpha value is -0.0800. The predicted octanol–water partition coefficient (Wildman–Crippen LogP) is 1.78. The average molecular weight is 197 g/mol. The summed E-state index contributed by atoms with van der Waals surface area (Å²) >= 11 is 0. The second-order valence-electron chi connectivity index (χ2n) is 5.67. The lowest BCUT2D eigenvalue weighted by atomic mass is 9.61. The van der Waals surface area contributed by atoms with E-state index < -0.39 is 0 Å². The molecule has 2 unspecified atom stereocenters. The first-order valence-corrected chi connectivity index (χ1v) is 5.99. The molecule has 2 N–H and O–H groups in total. The molecule has 2 aliphatic rings. The molecule has 1 aliphatic carbocycles. The van der Waals surface area contributed by atoms with Crippen molar-refractivity contribution in [2.45, 2.75) is 45.6 Å². The van der Waals surface area contributed by atoms with Gasteiger partial charge in [0.2, 0.25) is 0 Å². The van der Waals surface area contributed by atoms with Crippen molar-refractivity contribution in [3.63, 3.8) is 0 Å². The lowest BCUT2D eigenvalue weighted by molar-refractivity contribution is 0.0614. The second-order valence-corrected chi connectivity index (χ2v) is 5.67. The van der Waals surface area contributed by atoms with Crippen molar-refractivity contribution in [1.82, 2.24) is 5.32 Å². The van der Waals surface area contributed by atoms with Crippen molar-refractivity contribution in [3.8, 4) is 0 Å². The van der Waals surface area contributed by atoms with E-state index in [0.717, 1.165) is 18.4 Å². The van der Waals surface area contributed by atoms with E-state index in [-0.39, 0.29) is 0 Å². The molecule has 1 saturated heterocycles. The first-order chi connectivity index (χ1) is 6.64. The van der Waals surface area contributed by atoms with Crippen LogP contribution in [0.5, 0.6) is 0 Å². The molecule has 2 nitrogen and oxygen atoms in total. The quantitative estimate of drug-likeness (QED) is 0.723. The summed E-state index contributed by atoms with van der Waals surface area (Å²) in [5.41, 5.74) is 0.481. The maximum Gasteiger partial charge on any atom is 0.0584 e. The van der Waals surface area contributed by atoms with Crippen LogP contribution in [0.25, 0.3) is 0 Å². The van der Waals surface area contributed by atoms with Gasteiger partial charge in [-0.2, -0.15) is 0 Å². The molecule has 0 radical (unpaired) electrons. The number of aliphatic hydroxyl groups excluding tert-OH is 1. The summed E-state index contributed by atoms with van der Waals surface area (Å²) in [6, 6.07) is 0.361. The Morgan fingerprint density at radius 2 is 2.00 bits per heavy atom. The van der Waals surface area contributed by atoms with Gasteiger partial charge in [-0.1, -0.05) is 20.3 Å². The van der Waals surface area contributed by atoms with Crippen LogP contribution in [0.2, 0.25) is 0 Å². The van der Waals surface area contributed by atoms with Gasteiger partial charge in [-0.25, -0.2) is 0 Å². The van der Waals surface area contributed by atoms with Gasteiger partial charge in [0.15, 0.2) is 0 Å². The van der Waals surface area contributed by atoms with Crippen molar-refractivity contribution in [3.05, 3.63) is 0 Å². The summed E-state index contributed by atoms with van der Waals surface area (Å²) in [6.07, 6.45) is 5.44. The fourth-order valence-electron chi connectivity index (χ4n) is 3.01. The zero-order valence-electron chi connectivity index (χ0n) is 9.42. The van der Waals surface area contributed by atoms with E-state index in [9.17, 15) is 0 Å². The molecular weight excluding hydrogens is 174 g/mol. The van der Waals surface area contributed by atoms with Crippen LogP contribution in [-0.2, 0) is 0 Å². The highest BCUT2D eigenvalue weighted by Crippen LogP contribution is 2.48. The molecule has 2 fully saturated rings. The highest BCUT2D eigenvalue weighted by molar-refractivity contribution is 4.95. The first-order valence-electron chi connectivity index (χ1n) is 5.99. The molecule has 2 rings (SSSR count). The fraction of sp³-hybridized carbons (Fsp3) is 1.00. The normalized spacial score (nSPS) is 34.5. The van der Waals surface area contributed by atoms with E-state index in [1.54, 1.807) is 0 Å². The molecule has 0 bridgehead atoms. The summed E-state index contributed by atoms with van der Waals surface area (Å²) in [5, 5.41) is 12.5. The molecule has 0 spiro atoms. The maximum atomic E-state index is 9.10. The lowest BCUT2D eigenvalue weighted by Crippen LogP contribution is -2.37. The smallest absolute Gasteiger partial charge is 0.0584 e. The van der Waals surface area contributed by atoms with Crippen LogP contribution in [-0.4, -0.2) is 24.3 Å². The molecule has 2 atom stereocenters. The highest BCUT2D eigenvalue weighted by Gasteiger charge is 2.42. The summed E-state index contributed by atoms with van der Waals surface area (Å²) < 4.78 is 0. The minimum atomic E-state index is 0.303. The predicted molar refractivity (Wildman–Crippen MR) is 58.1 cm³/mol. The Labute approximate surface area is 87.1 Å². The minimum Gasteiger partial charge on any atom is -0.395 e. The van der Waals surface area contributed by atoms with E-state index in [2.05, 4.69) is 19.2 Å². The van der Waals surface area contributed by atoms with Crippen molar-refractivity contribution in [2.75, 3.05) is 13.2 Å². The monoisotopic (exact) mass is 197 g/mol. The molecule has 0 aromatic carbocycles. The molecular formula is C12H23NO. The van der Waals surface area contributed by atoms with Gasteiger partial charge in [-0.3, -0.25) is 0 Å². The third-order valence-corrected chi connectivity index (χ3v) is 4.65. The number of hydrogen-bond donors (Lipinski definition) is 2.